The Bertz CT molecular complexity index is 938. The van der Waals surface area contributed by atoms with Crippen LogP contribution in [0.3, 0.4) is 0 Å². The van der Waals surface area contributed by atoms with Crippen molar-refractivity contribution < 1.29 is 9.59 Å². The van der Waals surface area contributed by atoms with E-state index in [1.54, 1.807) is 18.3 Å². The standard InChI is InChI=1S/C22H23N3O2S/c1-2-16-9-6-7-12-18(16)20(26)19-15-25-22(28-19)24-14-8-13-23-21(27)17-10-4-3-5-11-17/h3-7,9-12,15H,2,8,13-14H2,1H3,(H,23,27)(H,24,25). The minimum absolute atomic E-state index is 0.0122. The summed E-state index contributed by atoms with van der Waals surface area (Å²) in [5, 5.41) is 6.82. The van der Waals surface area contributed by atoms with Crippen LogP contribution in [-0.2, 0) is 6.42 Å². The van der Waals surface area contributed by atoms with E-state index in [0.717, 1.165) is 24.0 Å². The highest BCUT2D eigenvalue weighted by Crippen LogP contribution is 2.23. The van der Waals surface area contributed by atoms with Crippen LogP contribution in [-0.4, -0.2) is 29.8 Å². The van der Waals surface area contributed by atoms with Gasteiger partial charge in [-0.25, -0.2) is 4.98 Å². The van der Waals surface area contributed by atoms with Crippen LogP contribution in [0.25, 0.3) is 0 Å². The van der Waals surface area contributed by atoms with Crippen molar-refractivity contribution in [3.05, 3.63) is 82.4 Å². The lowest BCUT2D eigenvalue weighted by Gasteiger charge is -2.06. The van der Waals surface area contributed by atoms with Crippen LogP contribution in [0.15, 0.2) is 60.8 Å². The van der Waals surface area contributed by atoms with Gasteiger partial charge >= 0.3 is 0 Å². The average molecular weight is 394 g/mol. The fourth-order valence-corrected chi connectivity index (χ4v) is 3.62. The van der Waals surface area contributed by atoms with Crippen molar-refractivity contribution in [2.24, 2.45) is 0 Å². The number of nitrogens with zero attached hydrogens (tertiary/aromatic N) is 1. The third kappa shape index (κ3) is 5.04. The molecule has 0 aliphatic carbocycles. The number of aromatic nitrogens is 1. The summed E-state index contributed by atoms with van der Waals surface area (Å²) in [5.74, 6) is -0.0598. The molecule has 0 atom stereocenters. The van der Waals surface area contributed by atoms with Gasteiger partial charge < -0.3 is 10.6 Å². The highest BCUT2D eigenvalue weighted by Gasteiger charge is 2.15. The third-order valence-corrected chi connectivity index (χ3v) is 5.28. The summed E-state index contributed by atoms with van der Waals surface area (Å²) >= 11 is 1.36. The minimum Gasteiger partial charge on any atom is -0.361 e. The second kappa shape index (κ2) is 9.80. The Hall–Kier alpha value is -2.99. The van der Waals surface area contributed by atoms with Gasteiger partial charge in [-0.05, 0) is 30.5 Å². The first-order valence-electron chi connectivity index (χ1n) is 9.34. The zero-order valence-corrected chi connectivity index (χ0v) is 16.6. The summed E-state index contributed by atoms with van der Waals surface area (Å²) in [7, 11) is 0. The topological polar surface area (TPSA) is 71.1 Å². The van der Waals surface area contributed by atoms with Crippen molar-refractivity contribution in [3.63, 3.8) is 0 Å². The molecule has 2 N–H and O–H groups in total. The Morgan fingerprint density at radius 2 is 1.75 bits per heavy atom. The monoisotopic (exact) mass is 393 g/mol. The maximum absolute atomic E-state index is 12.7. The van der Waals surface area contributed by atoms with Crippen LogP contribution in [0.1, 0.15) is 44.5 Å². The number of amides is 1. The first-order chi connectivity index (χ1) is 13.7. The van der Waals surface area contributed by atoms with Gasteiger partial charge in [0.25, 0.3) is 5.91 Å². The first kappa shape index (κ1) is 19.8. The van der Waals surface area contributed by atoms with Gasteiger partial charge in [0.05, 0.1) is 11.1 Å². The second-order valence-electron chi connectivity index (χ2n) is 6.27. The second-order valence-corrected chi connectivity index (χ2v) is 7.30. The molecule has 3 aromatic rings. The number of rotatable bonds is 9. The SMILES string of the molecule is CCc1ccccc1C(=O)c1cnc(NCCCNC(=O)c2ccccc2)s1. The number of carbonyl (C=O) groups excluding carboxylic acids is 2. The summed E-state index contributed by atoms with van der Waals surface area (Å²) in [6.45, 7) is 3.28. The molecular weight excluding hydrogens is 370 g/mol. The van der Waals surface area contributed by atoms with E-state index in [0.29, 0.717) is 28.7 Å². The van der Waals surface area contributed by atoms with Gasteiger partial charge in [-0.3, -0.25) is 9.59 Å². The predicted octanol–water partition coefficient (Wildman–Crippen LogP) is 4.17. The summed E-state index contributed by atoms with van der Waals surface area (Å²) in [6, 6.07) is 16.8. The molecule has 0 saturated heterocycles. The van der Waals surface area contributed by atoms with Gasteiger partial charge in [0.2, 0.25) is 5.78 Å². The molecule has 28 heavy (non-hydrogen) atoms. The molecular formula is C22H23N3O2S. The van der Waals surface area contributed by atoms with Gasteiger partial charge in [-0.2, -0.15) is 0 Å². The largest absolute Gasteiger partial charge is 0.361 e. The van der Waals surface area contributed by atoms with Crippen molar-refractivity contribution >= 4 is 28.2 Å². The number of benzene rings is 2. The van der Waals surface area contributed by atoms with Crippen LogP contribution in [0.5, 0.6) is 0 Å². The Morgan fingerprint density at radius 1 is 1.00 bits per heavy atom. The number of aryl methyl sites for hydroxylation is 1. The quantitative estimate of drug-likeness (QED) is 0.423. The van der Waals surface area contributed by atoms with Gasteiger partial charge in [0.15, 0.2) is 5.13 Å². The molecule has 0 spiro atoms. The zero-order valence-electron chi connectivity index (χ0n) is 15.8. The van der Waals surface area contributed by atoms with E-state index in [-0.39, 0.29) is 11.7 Å². The molecule has 5 nitrogen and oxygen atoms in total. The number of thiazole rings is 1. The van der Waals surface area contributed by atoms with Crippen molar-refractivity contribution in [1.29, 1.82) is 0 Å². The number of nitrogens with one attached hydrogen (secondary N) is 2. The molecule has 0 aliphatic heterocycles. The van der Waals surface area contributed by atoms with Crippen LogP contribution in [0.4, 0.5) is 5.13 Å². The lowest BCUT2D eigenvalue weighted by Crippen LogP contribution is -2.25. The summed E-state index contributed by atoms with van der Waals surface area (Å²) in [5.41, 5.74) is 2.44. The Balaban J connectivity index is 1.46. The summed E-state index contributed by atoms with van der Waals surface area (Å²) in [6.07, 6.45) is 3.21. The minimum atomic E-state index is -0.0719. The Morgan fingerprint density at radius 3 is 2.54 bits per heavy atom. The third-order valence-electron chi connectivity index (χ3n) is 4.32. The summed E-state index contributed by atoms with van der Waals surface area (Å²) < 4.78 is 0. The van der Waals surface area contributed by atoms with E-state index in [2.05, 4.69) is 15.6 Å². The highest BCUT2D eigenvalue weighted by molar-refractivity contribution is 7.17. The van der Waals surface area contributed by atoms with Gasteiger partial charge in [0, 0.05) is 24.2 Å². The van der Waals surface area contributed by atoms with Gasteiger partial charge in [0.1, 0.15) is 0 Å². The maximum atomic E-state index is 12.7. The Labute approximate surface area is 168 Å². The molecule has 144 valence electrons. The Kier molecular flexibility index (Phi) is 6.92. The lowest BCUT2D eigenvalue weighted by atomic mass is 10.0. The maximum Gasteiger partial charge on any atom is 0.251 e. The molecule has 0 fully saturated rings. The van der Waals surface area contributed by atoms with Gasteiger partial charge in [-0.15, -0.1) is 0 Å². The number of carbonyl (C=O) groups is 2. The molecule has 6 heteroatoms. The normalized spacial score (nSPS) is 10.5. The number of anilines is 1. The summed E-state index contributed by atoms with van der Waals surface area (Å²) in [4.78, 5) is 29.6. The number of hydrogen-bond acceptors (Lipinski definition) is 5. The first-order valence-corrected chi connectivity index (χ1v) is 10.2. The lowest BCUT2D eigenvalue weighted by molar-refractivity contribution is 0.0953. The predicted molar refractivity (Wildman–Crippen MR) is 113 cm³/mol. The molecule has 1 amide bonds. The van der Waals surface area contributed by atoms with Crippen LogP contribution in [0, 0.1) is 0 Å². The van der Waals surface area contributed by atoms with Crippen molar-refractivity contribution in [2.45, 2.75) is 19.8 Å². The fraction of sp³-hybridized carbons (Fsp3) is 0.227. The molecule has 0 saturated carbocycles. The van der Waals surface area contributed by atoms with Crippen molar-refractivity contribution in [2.75, 3.05) is 18.4 Å². The van der Waals surface area contributed by atoms with E-state index >= 15 is 0 Å². The number of ketones is 1. The van der Waals surface area contributed by atoms with E-state index in [1.165, 1.54) is 11.3 Å². The van der Waals surface area contributed by atoms with Gasteiger partial charge in [-0.1, -0.05) is 60.7 Å². The molecule has 1 heterocycles. The molecule has 0 unspecified atom stereocenters. The molecule has 2 aromatic carbocycles. The molecule has 1 aromatic heterocycles. The van der Waals surface area contributed by atoms with E-state index in [4.69, 9.17) is 0 Å². The van der Waals surface area contributed by atoms with E-state index in [1.807, 2.05) is 49.4 Å². The van der Waals surface area contributed by atoms with Crippen LogP contribution in [0.2, 0.25) is 0 Å². The number of hydrogen-bond donors (Lipinski definition) is 2. The zero-order chi connectivity index (χ0) is 19.8. The molecule has 0 bridgehead atoms. The average Bonchev–Trinajstić information content (AvgIpc) is 3.22. The van der Waals surface area contributed by atoms with Crippen LogP contribution < -0.4 is 10.6 Å². The van der Waals surface area contributed by atoms with E-state index < -0.39 is 0 Å². The van der Waals surface area contributed by atoms with Crippen molar-refractivity contribution in [3.8, 4) is 0 Å². The van der Waals surface area contributed by atoms with Crippen molar-refractivity contribution in [1.82, 2.24) is 10.3 Å². The smallest absolute Gasteiger partial charge is 0.251 e. The highest BCUT2D eigenvalue weighted by atomic mass is 32.1. The van der Waals surface area contributed by atoms with Crippen LogP contribution >= 0.6 is 11.3 Å². The van der Waals surface area contributed by atoms with E-state index in [9.17, 15) is 9.59 Å². The molecule has 3 rings (SSSR count). The molecule has 0 aliphatic rings. The molecule has 0 radical (unpaired) electrons. The fourth-order valence-electron chi connectivity index (χ4n) is 2.82.